The molecule has 0 aliphatic rings. The van der Waals surface area contributed by atoms with Crippen LogP contribution in [0.25, 0.3) is 0 Å². The molecule has 0 bridgehead atoms. The minimum absolute atomic E-state index is 0.620. The van der Waals surface area contributed by atoms with E-state index in [-0.39, 0.29) is 0 Å². The molecular weight excluding hydrogens is 168 g/mol. The molecule has 0 amide bonds. The highest BCUT2D eigenvalue weighted by molar-refractivity contribution is 7.99. The van der Waals surface area contributed by atoms with Gasteiger partial charge in [0.1, 0.15) is 16.2 Å². The third-order valence-electron chi connectivity index (χ3n) is 1.06. The Bertz CT molecular complexity index is 202. The first-order valence-corrected chi connectivity index (χ1v) is 4.35. The first-order chi connectivity index (χ1) is 4.75. The molecule has 1 rings (SSSR count). The van der Waals surface area contributed by atoms with E-state index in [1.54, 1.807) is 16.4 Å². The van der Waals surface area contributed by atoms with Gasteiger partial charge in [-0.05, 0) is 5.75 Å². The number of hydrogen-bond acceptors (Lipinski definition) is 2. The van der Waals surface area contributed by atoms with Crippen LogP contribution in [0.1, 0.15) is 6.92 Å². The molecule has 0 unspecified atom stereocenters. The maximum atomic E-state index is 5.76. The highest BCUT2D eigenvalue weighted by Gasteiger charge is 2.04. The average molecular weight is 176 g/mol. The molecule has 2 nitrogen and oxygen atoms in total. The molecule has 10 heavy (non-hydrogen) atoms. The highest BCUT2D eigenvalue weighted by Crippen LogP contribution is 2.24. The summed E-state index contributed by atoms with van der Waals surface area (Å²) in [5, 5.41) is 5.48. The van der Waals surface area contributed by atoms with E-state index in [1.165, 1.54) is 0 Å². The van der Waals surface area contributed by atoms with Crippen LogP contribution < -0.4 is 0 Å². The first-order valence-electron chi connectivity index (χ1n) is 2.98. The molecule has 0 aliphatic heterocycles. The van der Waals surface area contributed by atoms with Crippen LogP contribution in [-0.2, 0) is 7.05 Å². The SMILES string of the molecule is CCSc1c(Cl)[c]nn1C. The molecule has 0 spiro atoms. The lowest BCUT2D eigenvalue weighted by atomic mass is 10.7. The summed E-state index contributed by atoms with van der Waals surface area (Å²) >= 11 is 7.44. The second-order valence-corrected chi connectivity index (χ2v) is 3.42. The smallest absolute Gasteiger partial charge is 0.134 e. The van der Waals surface area contributed by atoms with E-state index in [1.807, 2.05) is 7.05 Å². The van der Waals surface area contributed by atoms with Crippen molar-refractivity contribution in [2.75, 3.05) is 5.75 Å². The lowest BCUT2D eigenvalue weighted by Crippen LogP contribution is -1.91. The summed E-state index contributed by atoms with van der Waals surface area (Å²) in [6.45, 7) is 2.08. The van der Waals surface area contributed by atoms with Crippen molar-refractivity contribution in [1.82, 2.24) is 9.78 Å². The molecule has 0 aromatic carbocycles. The van der Waals surface area contributed by atoms with Gasteiger partial charge in [0.25, 0.3) is 0 Å². The Morgan fingerprint density at radius 3 is 2.90 bits per heavy atom. The minimum Gasteiger partial charge on any atom is -0.260 e. The Balaban J connectivity index is 2.87. The Morgan fingerprint density at radius 2 is 2.50 bits per heavy atom. The molecule has 0 saturated carbocycles. The number of aromatic nitrogens is 2. The predicted molar refractivity (Wildman–Crippen MR) is 43.5 cm³/mol. The van der Waals surface area contributed by atoms with Crippen molar-refractivity contribution in [2.24, 2.45) is 7.05 Å². The molecule has 0 aliphatic carbocycles. The van der Waals surface area contributed by atoms with E-state index >= 15 is 0 Å². The number of rotatable bonds is 2. The largest absolute Gasteiger partial charge is 0.260 e. The maximum absolute atomic E-state index is 5.76. The Hall–Kier alpha value is -0.150. The van der Waals surface area contributed by atoms with Crippen molar-refractivity contribution >= 4 is 23.4 Å². The quantitative estimate of drug-likeness (QED) is 0.640. The van der Waals surface area contributed by atoms with Crippen LogP contribution in [0.4, 0.5) is 0 Å². The topological polar surface area (TPSA) is 17.8 Å². The predicted octanol–water partition coefficient (Wildman–Crippen LogP) is 1.99. The van der Waals surface area contributed by atoms with Gasteiger partial charge in [-0.1, -0.05) is 18.5 Å². The van der Waals surface area contributed by atoms with Crippen LogP contribution in [-0.4, -0.2) is 15.5 Å². The van der Waals surface area contributed by atoms with E-state index in [2.05, 4.69) is 18.2 Å². The van der Waals surface area contributed by atoms with E-state index < -0.39 is 0 Å². The van der Waals surface area contributed by atoms with Gasteiger partial charge in [0.2, 0.25) is 0 Å². The van der Waals surface area contributed by atoms with Crippen LogP contribution in [0.15, 0.2) is 5.03 Å². The van der Waals surface area contributed by atoms with Crippen molar-refractivity contribution in [3.63, 3.8) is 0 Å². The molecule has 0 fully saturated rings. The fourth-order valence-corrected chi connectivity index (χ4v) is 1.64. The van der Waals surface area contributed by atoms with E-state index in [4.69, 9.17) is 11.6 Å². The fourth-order valence-electron chi connectivity index (χ4n) is 0.648. The van der Waals surface area contributed by atoms with Crippen LogP contribution in [0.2, 0.25) is 5.02 Å². The van der Waals surface area contributed by atoms with E-state index in [0.717, 1.165) is 10.8 Å². The van der Waals surface area contributed by atoms with Gasteiger partial charge in [-0.25, -0.2) is 0 Å². The van der Waals surface area contributed by atoms with Crippen LogP contribution in [0.3, 0.4) is 0 Å². The summed E-state index contributed by atoms with van der Waals surface area (Å²) in [4.78, 5) is 0. The zero-order valence-electron chi connectivity index (χ0n) is 5.89. The van der Waals surface area contributed by atoms with Gasteiger partial charge < -0.3 is 0 Å². The van der Waals surface area contributed by atoms with Gasteiger partial charge >= 0.3 is 0 Å². The van der Waals surface area contributed by atoms with Crippen molar-refractivity contribution in [1.29, 1.82) is 0 Å². The van der Waals surface area contributed by atoms with E-state index in [0.29, 0.717) is 5.02 Å². The van der Waals surface area contributed by atoms with Crippen molar-refractivity contribution in [3.8, 4) is 0 Å². The van der Waals surface area contributed by atoms with Gasteiger partial charge in [0, 0.05) is 7.05 Å². The number of halogens is 1. The highest BCUT2D eigenvalue weighted by atomic mass is 35.5. The van der Waals surface area contributed by atoms with Gasteiger partial charge in [-0.15, -0.1) is 11.8 Å². The van der Waals surface area contributed by atoms with Crippen LogP contribution in [0, 0.1) is 6.20 Å². The van der Waals surface area contributed by atoms with Gasteiger partial charge in [-0.2, -0.15) is 5.10 Å². The lowest BCUT2D eigenvalue weighted by molar-refractivity contribution is 0.698. The molecule has 1 aromatic heterocycles. The lowest BCUT2D eigenvalue weighted by Gasteiger charge is -1.97. The summed E-state index contributed by atoms with van der Waals surface area (Å²) in [6, 6.07) is 0. The third-order valence-corrected chi connectivity index (χ3v) is 2.47. The molecule has 1 radical (unpaired) electrons. The zero-order valence-corrected chi connectivity index (χ0v) is 7.46. The second kappa shape index (κ2) is 3.30. The molecule has 1 heterocycles. The summed E-state index contributed by atoms with van der Waals surface area (Å²) in [5.41, 5.74) is 0. The molecule has 4 heteroatoms. The molecule has 0 saturated heterocycles. The molecule has 0 N–H and O–H groups in total. The number of aryl methyl sites for hydroxylation is 1. The number of thioether (sulfide) groups is 1. The molecule has 1 aromatic rings. The van der Waals surface area contributed by atoms with Crippen molar-refractivity contribution < 1.29 is 0 Å². The molecule has 0 atom stereocenters. The standard InChI is InChI=1S/C6H8ClN2S/c1-3-10-6-5(7)4-8-9(6)2/h3H2,1-2H3. The third kappa shape index (κ3) is 1.47. The molecular formula is C6H8ClN2S. The molecule has 55 valence electrons. The number of nitrogens with zero attached hydrogens (tertiary/aromatic N) is 2. The van der Waals surface area contributed by atoms with Gasteiger partial charge in [-0.3, -0.25) is 4.68 Å². The Labute approximate surface area is 69.6 Å². The fraction of sp³-hybridized carbons (Fsp3) is 0.500. The van der Waals surface area contributed by atoms with Crippen molar-refractivity contribution in [2.45, 2.75) is 11.9 Å². The summed E-state index contributed by atoms with van der Waals surface area (Å²) in [6.07, 6.45) is 2.68. The monoisotopic (exact) mass is 175 g/mol. The summed E-state index contributed by atoms with van der Waals surface area (Å²) in [7, 11) is 1.86. The van der Waals surface area contributed by atoms with Gasteiger partial charge in [0.15, 0.2) is 0 Å². The minimum atomic E-state index is 0.620. The summed E-state index contributed by atoms with van der Waals surface area (Å²) < 4.78 is 1.73. The van der Waals surface area contributed by atoms with E-state index in [9.17, 15) is 0 Å². The Kier molecular flexibility index (Phi) is 2.63. The van der Waals surface area contributed by atoms with Crippen LogP contribution >= 0.6 is 23.4 Å². The normalized spacial score (nSPS) is 10.3. The van der Waals surface area contributed by atoms with Crippen molar-refractivity contribution in [3.05, 3.63) is 11.2 Å². The van der Waals surface area contributed by atoms with Gasteiger partial charge in [0.05, 0.1) is 0 Å². The summed E-state index contributed by atoms with van der Waals surface area (Å²) in [5.74, 6) is 1.01. The maximum Gasteiger partial charge on any atom is 0.134 e. The number of hydrogen-bond donors (Lipinski definition) is 0. The zero-order chi connectivity index (χ0) is 7.56. The first kappa shape index (κ1) is 7.95. The Morgan fingerprint density at radius 1 is 1.80 bits per heavy atom. The second-order valence-electron chi connectivity index (χ2n) is 1.79. The average Bonchev–Trinajstić information content (AvgIpc) is 2.20. The van der Waals surface area contributed by atoms with Crippen LogP contribution in [0.5, 0.6) is 0 Å².